The largest absolute Gasteiger partial charge is 0.356 e. The second-order valence-electron chi connectivity index (χ2n) is 8.90. The van der Waals surface area contributed by atoms with Crippen LogP contribution in [0.25, 0.3) is 22.2 Å². The van der Waals surface area contributed by atoms with Crippen LogP contribution in [0.1, 0.15) is 18.5 Å². The number of nitrogens with zero attached hydrogens (tertiary/aromatic N) is 5. The van der Waals surface area contributed by atoms with Gasteiger partial charge in [-0.1, -0.05) is 47.6 Å². The molecule has 2 aliphatic rings. The summed E-state index contributed by atoms with van der Waals surface area (Å²) in [6.07, 6.45) is 4.12. The molecule has 156 valence electrons. The molecule has 0 amide bonds. The van der Waals surface area contributed by atoms with Gasteiger partial charge in [-0.15, -0.1) is 0 Å². The number of hydrogen-bond donors (Lipinski definition) is 0. The van der Waals surface area contributed by atoms with Crippen LogP contribution >= 0.6 is 0 Å². The Kier molecular flexibility index (Phi) is 4.46. The smallest absolute Gasteiger partial charge is 0.167 e. The summed E-state index contributed by atoms with van der Waals surface area (Å²) in [4.78, 5) is 14.0. The normalized spacial score (nSPS) is 21.5. The molecular formula is C25H25N5O. The van der Waals surface area contributed by atoms with E-state index in [1.807, 2.05) is 24.3 Å². The molecule has 31 heavy (non-hydrogen) atoms. The first-order chi connectivity index (χ1) is 15.3. The van der Waals surface area contributed by atoms with Crippen molar-refractivity contribution < 1.29 is 4.52 Å². The van der Waals surface area contributed by atoms with Crippen molar-refractivity contribution in [3.63, 3.8) is 0 Å². The molecule has 2 aromatic carbocycles. The molecule has 1 unspecified atom stereocenters. The van der Waals surface area contributed by atoms with Crippen molar-refractivity contribution in [3.8, 4) is 11.3 Å². The zero-order valence-corrected chi connectivity index (χ0v) is 17.4. The highest BCUT2D eigenvalue weighted by Gasteiger charge is 2.44. The topological polar surface area (TPSA) is 58.3 Å². The van der Waals surface area contributed by atoms with Gasteiger partial charge in [-0.2, -0.15) is 0 Å². The lowest BCUT2D eigenvalue weighted by atomic mass is 9.86. The van der Waals surface area contributed by atoms with E-state index in [9.17, 15) is 0 Å². The van der Waals surface area contributed by atoms with Crippen molar-refractivity contribution >= 4 is 16.7 Å². The molecule has 4 heterocycles. The second-order valence-corrected chi connectivity index (χ2v) is 8.90. The molecule has 1 atom stereocenters. The number of fused-ring (bicyclic) bond motifs is 1. The Bertz CT molecular complexity index is 1200. The van der Waals surface area contributed by atoms with E-state index in [1.165, 1.54) is 12.8 Å². The molecule has 6 rings (SSSR count). The van der Waals surface area contributed by atoms with E-state index < -0.39 is 0 Å². The molecule has 2 aliphatic heterocycles. The number of likely N-dealkylation sites (tertiary alicyclic amines) is 1. The third-order valence-electron chi connectivity index (χ3n) is 6.78. The van der Waals surface area contributed by atoms with Crippen molar-refractivity contribution in [1.29, 1.82) is 0 Å². The molecule has 2 saturated heterocycles. The standard InChI is InChI=1S/C25H25N5O/c1-2-6-19(7-3-1)23-14-20(28-31-23)15-29-12-10-25(16-29)11-13-30(17-25)24-21-8-4-5-9-22(21)26-18-27-24/h1-9,14,18H,10-13,15-17H2. The van der Waals surface area contributed by atoms with E-state index in [2.05, 4.69) is 61.3 Å². The highest BCUT2D eigenvalue weighted by molar-refractivity contribution is 5.89. The maximum absolute atomic E-state index is 5.59. The lowest BCUT2D eigenvalue weighted by Crippen LogP contribution is -2.31. The van der Waals surface area contributed by atoms with Crippen LogP contribution in [0.15, 0.2) is 71.5 Å². The molecule has 4 aromatic rings. The Hall–Kier alpha value is -3.25. The maximum atomic E-state index is 5.59. The van der Waals surface area contributed by atoms with E-state index >= 15 is 0 Å². The first kappa shape index (κ1) is 18.5. The molecule has 0 bridgehead atoms. The summed E-state index contributed by atoms with van der Waals surface area (Å²) >= 11 is 0. The molecular weight excluding hydrogens is 386 g/mol. The number of benzene rings is 2. The summed E-state index contributed by atoms with van der Waals surface area (Å²) < 4.78 is 5.59. The predicted molar refractivity (Wildman–Crippen MR) is 121 cm³/mol. The van der Waals surface area contributed by atoms with Crippen LogP contribution in [-0.2, 0) is 6.54 Å². The number of aromatic nitrogens is 3. The maximum Gasteiger partial charge on any atom is 0.167 e. The van der Waals surface area contributed by atoms with Gasteiger partial charge in [0, 0.05) is 48.6 Å². The Morgan fingerprint density at radius 1 is 0.903 bits per heavy atom. The van der Waals surface area contributed by atoms with Crippen molar-refractivity contribution in [2.75, 3.05) is 31.1 Å². The van der Waals surface area contributed by atoms with Gasteiger partial charge < -0.3 is 9.42 Å². The minimum absolute atomic E-state index is 0.331. The van der Waals surface area contributed by atoms with Gasteiger partial charge in [0.1, 0.15) is 12.1 Å². The van der Waals surface area contributed by atoms with Crippen LogP contribution in [0.3, 0.4) is 0 Å². The summed E-state index contributed by atoms with van der Waals surface area (Å²) in [6.45, 7) is 5.15. The number of para-hydroxylation sites is 1. The zero-order chi connectivity index (χ0) is 20.7. The average molecular weight is 412 g/mol. The third kappa shape index (κ3) is 3.47. The quantitative estimate of drug-likeness (QED) is 0.497. The summed E-state index contributed by atoms with van der Waals surface area (Å²) in [5.74, 6) is 1.91. The Balaban J connectivity index is 1.15. The fraction of sp³-hybridized carbons (Fsp3) is 0.320. The van der Waals surface area contributed by atoms with E-state index in [0.717, 1.165) is 66.5 Å². The molecule has 0 aliphatic carbocycles. The molecule has 0 N–H and O–H groups in total. The molecule has 0 radical (unpaired) electrons. The first-order valence-corrected chi connectivity index (χ1v) is 11.0. The Morgan fingerprint density at radius 3 is 2.68 bits per heavy atom. The summed E-state index contributed by atoms with van der Waals surface area (Å²) in [7, 11) is 0. The summed E-state index contributed by atoms with van der Waals surface area (Å²) in [6, 6.07) is 20.5. The summed E-state index contributed by atoms with van der Waals surface area (Å²) in [5.41, 5.74) is 3.43. The number of rotatable bonds is 4. The number of anilines is 1. The van der Waals surface area contributed by atoms with Gasteiger partial charge in [-0.3, -0.25) is 4.90 Å². The lowest BCUT2D eigenvalue weighted by Gasteiger charge is -2.25. The Labute approximate surface area is 181 Å². The van der Waals surface area contributed by atoms with E-state index in [1.54, 1.807) is 6.33 Å². The second kappa shape index (κ2) is 7.46. The van der Waals surface area contributed by atoms with Crippen molar-refractivity contribution in [3.05, 3.63) is 72.7 Å². The average Bonchev–Trinajstić information content (AvgIpc) is 3.55. The monoisotopic (exact) mass is 411 g/mol. The van der Waals surface area contributed by atoms with Crippen molar-refractivity contribution in [1.82, 2.24) is 20.0 Å². The fourth-order valence-electron chi connectivity index (χ4n) is 5.21. The molecule has 0 saturated carbocycles. The van der Waals surface area contributed by atoms with Gasteiger partial charge in [0.05, 0.1) is 11.2 Å². The van der Waals surface area contributed by atoms with Gasteiger partial charge in [-0.05, 0) is 31.5 Å². The van der Waals surface area contributed by atoms with E-state index in [0.29, 0.717) is 5.41 Å². The minimum atomic E-state index is 0.331. The zero-order valence-electron chi connectivity index (χ0n) is 17.4. The van der Waals surface area contributed by atoms with Crippen LogP contribution < -0.4 is 4.90 Å². The third-order valence-corrected chi connectivity index (χ3v) is 6.78. The minimum Gasteiger partial charge on any atom is -0.356 e. The first-order valence-electron chi connectivity index (χ1n) is 11.0. The van der Waals surface area contributed by atoms with Gasteiger partial charge in [0.15, 0.2) is 5.76 Å². The van der Waals surface area contributed by atoms with Gasteiger partial charge in [-0.25, -0.2) is 9.97 Å². The van der Waals surface area contributed by atoms with Crippen LogP contribution in [-0.4, -0.2) is 46.2 Å². The van der Waals surface area contributed by atoms with Gasteiger partial charge >= 0.3 is 0 Å². The van der Waals surface area contributed by atoms with Crippen LogP contribution in [0.2, 0.25) is 0 Å². The summed E-state index contributed by atoms with van der Waals surface area (Å²) in [5, 5.41) is 5.47. The van der Waals surface area contributed by atoms with Crippen molar-refractivity contribution in [2.24, 2.45) is 5.41 Å². The van der Waals surface area contributed by atoms with E-state index in [-0.39, 0.29) is 0 Å². The Morgan fingerprint density at radius 2 is 1.74 bits per heavy atom. The van der Waals surface area contributed by atoms with Gasteiger partial charge in [0.25, 0.3) is 0 Å². The van der Waals surface area contributed by atoms with E-state index in [4.69, 9.17) is 4.52 Å². The molecule has 2 aromatic heterocycles. The molecule has 2 fully saturated rings. The van der Waals surface area contributed by atoms with Gasteiger partial charge in [0.2, 0.25) is 0 Å². The predicted octanol–water partition coefficient (Wildman–Crippen LogP) is 4.39. The molecule has 6 heteroatoms. The highest BCUT2D eigenvalue weighted by atomic mass is 16.5. The van der Waals surface area contributed by atoms with Crippen LogP contribution in [0.5, 0.6) is 0 Å². The van der Waals surface area contributed by atoms with Crippen LogP contribution in [0, 0.1) is 5.41 Å². The number of hydrogen-bond acceptors (Lipinski definition) is 6. The lowest BCUT2D eigenvalue weighted by molar-refractivity contribution is 0.263. The fourth-order valence-corrected chi connectivity index (χ4v) is 5.21. The van der Waals surface area contributed by atoms with Crippen LogP contribution in [0.4, 0.5) is 5.82 Å². The van der Waals surface area contributed by atoms with Crippen molar-refractivity contribution in [2.45, 2.75) is 19.4 Å². The molecule has 6 nitrogen and oxygen atoms in total. The SMILES string of the molecule is c1ccc(-c2cc(CN3CCC4(CCN(c5ncnc6ccccc56)C4)C3)no2)cc1. The highest BCUT2D eigenvalue weighted by Crippen LogP contribution is 2.42. The molecule has 1 spiro atoms.